The number of carbonyl (C=O) groups is 3. The minimum Gasteiger partial charge on any atom is -0.481 e. The smallest absolute Gasteiger partial charge is 0.407 e. The third kappa shape index (κ3) is 5.63. The summed E-state index contributed by atoms with van der Waals surface area (Å²) in [5.74, 6) is -1.56. The zero-order valence-corrected chi connectivity index (χ0v) is 19.3. The van der Waals surface area contributed by atoms with Crippen molar-refractivity contribution in [2.45, 2.75) is 31.2 Å². The van der Waals surface area contributed by atoms with Crippen LogP contribution in [0.25, 0.3) is 11.1 Å². The van der Waals surface area contributed by atoms with Crippen molar-refractivity contribution in [3.05, 3.63) is 82.0 Å². The van der Waals surface area contributed by atoms with Crippen molar-refractivity contribution >= 4 is 29.3 Å². The van der Waals surface area contributed by atoms with Crippen LogP contribution in [0.4, 0.5) is 4.79 Å². The molecule has 0 saturated heterocycles. The largest absolute Gasteiger partial charge is 0.481 e. The normalized spacial score (nSPS) is 12.9. The van der Waals surface area contributed by atoms with Gasteiger partial charge in [-0.1, -0.05) is 54.6 Å². The average molecular weight is 479 g/mol. The quantitative estimate of drug-likeness (QED) is 0.406. The maximum Gasteiger partial charge on any atom is 0.407 e. The van der Waals surface area contributed by atoms with Crippen LogP contribution in [-0.4, -0.2) is 42.3 Å². The van der Waals surface area contributed by atoms with Crippen molar-refractivity contribution in [3.8, 4) is 11.1 Å². The number of fused-ring (bicyclic) bond motifs is 3. The number of benzene rings is 2. The van der Waals surface area contributed by atoms with E-state index >= 15 is 0 Å². The Hall–Kier alpha value is -3.65. The number of thiophene rings is 1. The number of hydrogen-bond acceptors (Lipinski definition) is 5. The molecule has 7 nitrogen and oxygen atoms in total. The average Bonchev–Trinajstić information content (AvgIpc) is 3.46. The zero-order chi connectivity index (χ0) is 23.9. The Balaban J connectivity index is 1.36. The molecule has 1 aromatic heterocycles. The molecule has 0 radical (unpaired) electrons. The lowest BCUT2D eigenvalue weighted by Crippen LogP contribution is -2.47. The van der Waals surface area contributed by atoms with Crippen LogP contribution in [0, 0.1) is 0 Å². The fourth-order valence-electron chi connectivity index (χ4n) is 4.21. The first-order valence-electron chi connectivity index (χ1n) is 11.2. The fourth-order valence-corrected chi connectivity index (χ4v) is 4.91. The highest BCUT2D eigenvalue weighted by molar-refractivity contribution is 7.09. The fraction of sp³-hybridized carbons (Fsp3) is 0.269. The molecule has 3 N–H and O–H groups in total. The highest BCUT2D eigenvalue weighted by atomic mass is 32.1. The summed E-state index contributed by atoms with van der Waals surface area (Å²) in [6.45, 7) is 0.515. The van der Waals surface area contributed by atoms with E-state index < -0.39 is 24.0 Å². The SMILES string of the molecule is O=C(O)CCC(NC(=O)OCC1c2ccccc2-c2ccccc21)C(=O)NCCc1cccs1. The van der Waals surface area contributed by atoms with Crippen LogP contribution in [0.15, 0.2) is 66.0 Å². The monoisotopic (exact) mass is 478 g/mol. The molecule has 1 heterocycles. The molecule has 0 saturated carbocycles. The van der Waals surface area contributed by atoms with Gasteiger partial charge in [0.1, 0.15) is 12.6 Å². The van der Waals surface area contributed by atoms with Crippen LogP contribution >= 0.6 is 11.3 Å². The molecule has 0 fully saturated rings. The Labute approximate surface area is 201 Å². The second kappa shape index (κ2) is 11.0. The van der Waals surface area contributed by atoms with Gasteiger partial charge in [0, 0.05) is 23.8 Å². The number of hydrogen-bond donors (Lipinski definition) is 3. The van der Waals surface area contributed by atoms with Crippen molar-refractivity contribution in [2.24, 2.45) is 0 Å². The molecular formula is C26H26N2O5S. The van der Waals surface area contributed by atoms with Crippen LogP contribution in [-0.2, 0) is 20.7 Å². The predicted molar refractivity (Wildman–Crippen MR) is 130 cm³/mol. The number of ether oxygens (including phenoxy) is 1. The first-order valence-corrected chi connectivity index (χ1v) is 12.0. The molecule has 4 rings (SSSR count). The molecule has 2 amide bonds. The van der Waals surface area contributed by atoms with E-state index in [9.17, 15) is 14.4 Å². The van der Waals surface area contributed by atoms with Crippen molar-refractivity contribution in [1.82, 2.24) is 10.6 Å². The van der Waals surface area contributed by atoms with Crippen molar-refractivity contribution in [1.29, 1.82) is 0 Å². The van der Waals surface area contributed by atoms with Crippen molar-refractivity contribution < 1.29 is 24.2 Å². The van der Waals surface area contributed by atoms with Crippen LogP contribution in [0.3, 0.4) is 0 Å². The van der Waals surface area contributed by atoms with Gasteiger partial charge >= 0.3 is 12.1 Å². The highest BCUT2D eigenvalue weighted by Crippen LogP contribution is 2.44. The molecule has 0 spiro atoms. The van der Waals surface area contributed by atoms with E-state index in [0.29, 0.717) is 13.0 Å². The third-order valence-corrected chi connectivity index (χ3v) is 6.79. The van der Waals surface area contributed by atoms with E-state index in [1.54, 1.807) is 11.3 Å². The van der Waals surface area contributed by atoms with E-state index in [4.69, 9.17) is 9.84 Å². The van der Waals surface area contributed by atoms with Crippen molar-refractivity contribution in [3.63, 3.8) is 0 Å². The Morgan fingerprint density at radius 1 is 0.971 bits per heavy atom. The summed E-state index contributed by atoms with van der Waals surface area (Å²) in [6, 6.07) is 19.0. The molecule has 1 unspecified atom stereocenters. The Kier molecular flexibility index (Phi) is 7.59. The number of carbonyl (C=O) groups excluding carboxylic acids is 2. The predicted octanol–water partition coefficient (Wildman–Crippen LogP) is 4.18. The lowest BCUT2D eigenvalue weighted by molar-refractivity contribution is -0.137. The molecule has 0 aliphatic heterocycles. The summed E-state index contributed by atoms with van der Waals surface area (Å²) in [5, 5.41) is 16.3. The van der Waals surface area contributed by atoms with Crippen LogP contribution < -0.4 is 10.6 Å². The minimum absolute atomic E-state index is 0.0234. The van der Waals surface area contributed by atoms with E-state index in [1.165, 1.54) is 0 Å². The summed E-state index contributed by atoms with van der Waals surface area (Å²) in [4.78, 5) is 37.4. The van der Waals surface area contributed by atoms with Gasteiger partial charge in [0.25, 0.3) is 0 Å². The third-order valence-electron chi connectivity index (χ3n) is 5.85. The maximum atomic E-state index is 12.6. The summed E-state index contributed by atoms with van der Waals surface area (Å²) >= 11 is 1.60. The lowest BCUT2D eigenvalue weighted by Gasteiger charge is -2.19. The summed E-state index contributed by atoms with van der Waals surface area (Å²) < 4.78 is 5.51. The second-order valence-electron chi connectivity index (χ2n) is 8.08. The van der Waals surface area contributed by atoms with E-state index in [0.717, 1.165) is 27.1 Å². The number of carboxylic acid groups (broad SMARTS) is 1. The van der Waals surface area contributed by atoms with Gasteiger partial charge in [-0.2, -0.15) is 0 Å². The molecule has 2 aromatic carbocycles. The molecule has 0 bridgehead atoms. The van der Waals surface area contributed by atoms with Gasteiger partial charge in [-0.15, -0.1) is 11.3 Å². The summed E-state index contributed by atoms with van der Waals surface area (Å²) in [5.41, 5.74) is 4.42. The zero-order valence-electron chi connectivity index (χ0n) is 18.5. The maximum absolute atomic E-state index is 12.6. The van der Waals surface area contributed by atoms with Crippen LogP contribution in [0.2, 0.25) is 0 Å². The molecule has 34 heavy (non-hydrogen) atoms. The number of amides is 2. The van der Waals surface area contributed by atoms with Crippen LogP contribution in [0.1, 0.15) is 34.8 Å². The molecule has 1 aliphatic carbocycles. The number of nitrogens with one attached hydrogen (secondary N) is 2. The summed E-state index contributed by atoms with van der Waals surface area (Å²) in [6.07, 6.45) is -0.345. The Morgan fingerprint density at radius 3 is 2.26 bits per heavy atom. The van der Waals surface area contributed by atoms with E-state index in [-0.39, 0.29) is 25.4 Å². The molecule has 1 atom stereocenters. The number of carboxylic acids is 1. The number of aliphatic carboxylic acids is 1. The minimum atomic E-state index is -1.04. The second-order valence-corrected chi connectivity index (χ2v) is 9.11. The van der Waals surface area contributed by atoms with Gasteiger partial charge in [-0.3, -0.25) is 9.59 Å². The highest BCUT2D eigenvalue weighted by Gasteiger charge is 2.29. The van der Waals surface area contributed by atoms with Gasteiger partial charge in [0.2, 0.25) is 5.91 Å². The first kappa shape index (κ1) is 23.5. The van der Waals surface area contributed by atoms with E-state index in [2.05, 4.69) is 22.8 Å². The molecule has 3 aromatic rings. The molecule has 176 valence electrons. The molecular weight excluding hydrogens is 452 g/mol. The van der Waals surface area contributed by atoms with Gasteiger partial charge in [0.15, 0.2) is 0 Å². The van der Waals surface area contributed by atoms with E-state index in [1.807, 2.05) is 53.9 Å². The Bertz CT molecular complexity index is 1120. The first-order chi connectivity index (χ1) is 16.5. The van der Waals surface area contributed by atoms with Gasteiger partial charge in [-0.05, 0) is 46.5 Å². The summed E-state index contributed by atoms with van der Waals surface area (Å²) in [7, 11) is 0. The number of alkyl carbamates (subject to hydrolysis) is 1. The topological polar surface area (TPSA) is 105 Å². The number of rotatable bonds is 10. The molecule has 8 heteroatoms. The molecule has 1 aliphatic rings. The van der Waals surface area contributed by atoms with Gasteiger partial charge < -0.3 is 20.5 Å². The van der Waals surface area contributed by atoms with Crippen LogP contribution in [0.5, 0.6) is 0 Å². The van der Waals surface area contributed by atoms with Gasteiger partial charge in [-0.25, -0.2) is 4.79 Å². The van der Waals surface area contributed by atoms with Crippen molar-refractivity contribution in [2.75, 3.05) is 13.2 Å². The Morgan fingerprint density at radius 2 is 1.65 bits per heavy atom. The lowest BCUT2D eigenvalue weighted by atomic mass is 9.98. The standard InChI is InChI=1S/C26H26N2O5S/c29-24(30)12-11-23(25(31)27-14-13-17-6-5-15-34-17)28-26(32)33-16-22-20-9-3-1-7-18(20)19-8-2-4-10-21(19)22/h1-10,15,22-23H,11-14,16H2,(H,27,31)(H,28,32)(H,29,30). The van der Waals surface area contributed by atoms with Gasteiger partial charge in [0.05, 0.1) is 0 Å².